The fraction of sp³-hybridized carbons (Fsp3) is 0.479. The Morgan fingerprint density at radius 2 is 0.899 bits per heavy atom. The summed E-state index contributed by atoms with van der Waals surface area (Å²) in [5.41, 5.74) is 5.50. The molecule has 0 bridgehead atoms. The minimum atomic E-state index is -0.505. The molecule has 6 saturated heterocycles. The van der Waals surface area contributed by atoms with Crippen LogP contribution in [-0.2, 0) is 22.7 Å². The van der Waals surface area contributed by atoms with E-state index in [0.717, 1.165) is 101 Å². The highest BCUT2D eigenvalue weighted by atomic mass is 19.1. The summed E-state index contributed by atoms with van der Waals surface area (Å²) in [6.45, 7) is 17.1. The third-order valence-corrected chi connectivity index (χ3v) is 19.7. The number of pyridine rings is 2. The number of ether oxygens (including phenoxy) is 2. The maximum Gasteiger partial charge on any atom is 0.236 e. The monoisotopic (exact) mass is 1350 g/mol. The number of nitrogens with zero attached hydrogens (tertiary/aromatic N) is 18. The molecule has 0 unspecified atom stereocenters. The lowest BCUT2D eigenvalue weighted by Gasteiger charge is -2.36. The highest BCUT2D eigenvalue weighted by Gasteiger charge is 2.32. The van der Waals surface area contributed by atoms with Crippen LogP contribution >= 0.6 is 0 Å². The molecule has 518 valence electrons. The molecule has 14 rings (SSSR count). The Kier molecular flexibility index (Phi) is 22.5. The number of halogens is 2. The lowest BCUT2D eigenvalue weighted by atomic mass is 10.1. The molecule has 24 nitrogen and oxygen atoms in total. The standard InChI is InChI=1S/C37H45FN10O2.C36H43FN10O2/c38-34-36(41-29-7-6-17-47(27-29)33(49)13-14-39)42-35(31-25-40-48-18-5-2-8-32(31)48)43-37(34)46-21-19-45(20-22-46)26-28-9-11-30(12-10-28)50-24-23-44-15-3-1-4-16-44;37-33-35(40-28-6-5-16-46(26-28)32(48)12-13-38)41-34(30-24-39-47-17-2-1-7-31(30)47)42-36(33)45-20-18-44(19-21-45)25-27-8-10-29(11-9-27)49-23-22-43-14-3-4-15-43/h2,5,8-12,18,25,29H,1,3-4,6-7,13,15-17,19-24,26-27H2,(H,41,42,43);1-2,7-11,17,24,28H,3-6,12,14-16,18-23,25-26H2,(H,40,41,42)/t29-;28-/m11/s1. The summed E-state index contributed by atoms with van der Waals surface area (Å²) < 4.78 is 48.3. The topological polar surface area (TPSA) is 236 Å². The first-order valence-electron chi connectivity index (χ1n) is 35.2. The minimum Gasteiger partial charge on any atom is -0.492 e. The fourth-order valence-corrected chi connectivity index (χ4v) is 14.2. The number of rotatable bonds is 22. The van der Waals surface area contributed by atoms with Gasteiger partial charge in [-0.05, 0) is 137 Å². The summed E-state index contributed by atoms with van der Waals surface area (Å²) in [6.07, 6.45) is 16.3. The van der Waals surface area contributed by atoms with Gasteiger partial charge in [0, 0.05) is 129 Å². The highest BCUT2D eigenvalue weighted by molar-refractivity contribution is 5.80. The molecule has 0 spiro atoms. The van der Waals surface area contributed by atoms with Gasteiger partial charge in [-0.15, -0.1) is 0 Å². The third-order valence-electron chi connectivity index (χ3n) is 19.7. The summed E-state index contributed by atoms with van der Waals surface area (Å²) in [4.78, 5) is 60.9. The zero-order valence-corrected chi connectivity index (χ0v) is 56.3. The van der Waals surface area contributed by atoms with E-state index in [1.54, 1.807) is 31.2 Å². The number of anilines is 4. The van der Waals surface area contributed by atoms with E-state index in [2.05, 4.69) is 86.8 Å². The molecule has 2 amide bonds. The van der Waals surface area contributed by atoms with Crippen LogP contribution in [0.1, 0.15) is 81.8 Å². The summed E-state index contributed by atoms with van der Waals surface area (Å²) in [5.74, 6) is 1.88. The molecule has 0 aliphatic carbocycles. The van der Waals surface area contributed by atoms with Crippen LogP contribution in [0.4, 0.5) is 32.1 Å². The van der Waals surface area contributed by atoms with Crippen LogP contribution in [-0.4, -0.2) is 223 Å². The van der Waals surface area contributed by atoms with Gasteiger partial charge in [0.15, 0.2) is 34.9 Å². The van der Waals surface area contributed by atoms with Gasteiger partial charge in [0.2, 0.25) is 23.4 Å². The van der Waals surface area contributed by atoms with Crippen molar-refractivity contribution in [1.82, 2.24) is 68.6 Å². The first-order chi connectivity index (χ1) is 48.6. The van der Waals surface area contributed by atoms with E-state index in [0.29, 0.717) is 88.3 Å². The number of aromatic nitrogens is 8. The van der Waals surface area contributed by atoms with Crippen molar-refractivity contribution in [3.8, 4) is 46.4 Å². The van der Waals surface area contributed by atoms with E-state index in [4.69, 9.17) is 30.0 Å². The molecule has 6 aliphatic rings. The fourth-order valence-electron chi connectivity index (χ4n) is 14.2. The molecule has 12 heterocycles. The Hall–Kier alpha value is -9.60. The molecular formula is C73H88F2N20O4. The molecule has 6 fully saturated rings. The normalized spacial score (nSPS) is 18.9. The summed E-state index contributed by atoms with van der Waals surface area (Å²) >= 11 is 0. The number of carbonyl (C=O) groups is 2. The third kappa shape index (κ3) is 17.3. The van der Waals surface area contributed by atoms with Crippen LogP contribution in [0.5, 0.6) is 11.5 Å². The Morgan fingerprint density at radius 1 is 0.485 bits per heavy atom. The second-order valence-corrected chi connectivity index (χ2v) is 26.5. The SMILES string of the molecule is N#CCC(=O)N1CCC[C@@H](Nc2nc(-c3cnn4ccccc34)nc(N3CCN(Cc4ccc(OCCN5CCCC5)cc4)CC3)c2F)C1.N#CCC(=O)N1CCC[C@@H](Nc2nc(-c3cnn4ccccc34)nc(N3CCN(Cc4ccc(OCCN5CCCCC5)cc4)CC3)c2F)C1. The molecule has 0 radical (unpaired) electrons. The van der Waals surface area contributed by atoms with E-state index >= 15 is 8.78 Å². The largest absolute Gasteiger partial charge is 0.492 e. The van der Waals surface area contributed by atoms with Crippen LogP contribution in [0.2, 0.25) is 0 Å². The minimum absolute atomic E-state index is 0.111. The first-order valence-corrected chi connectivity index (χ1v) is 35.2. The van der Waals surface area contributed by atoms with Crippen LogP contribution in [0.25, 0.3) is 33.8 Å². The predicted octanol–water partition coefficient (Wildman–Crippen LogP) is 8.48. The quantitative estimate of drug-likeness (QED) is 0.0647. The van der Waals surface area contributed by atoms with Crippen molar-refractivity contribution in [2.24, 2.45) is 0 Å². The number of piperazine rings is 2. The number of carbonyl (C=O) groups excluding carboxylic acids is 2. The average molecular weight is 1350 g/mol. The first kappa shape index (κ1) is 67.9. The van der Waals surface area contributed by atoms with Crippen LogP contribution in [0.15, 0.2) is 110 Å². The van der Waals surface area contributed by atoms with Crippen LogP contribution < -0.4 is 29.9 Å². The predicted molar refractivity (Wildman–Crippen MR) is 374 cm³/mol. The number of nitrogens with one attached hydrogen (secondary N) is 2. The number of hydrogen-bond donors (Lipinski definition) is 2. The van der Waals surface area contributed by atoms with Gasteiger partial charge in [-0.1, -0.05) is 42.8 Å². The molecule has 2 aromatic carbocycles. The zero-order valence-electron chi connectivity index (χ0n) is 56.3. The number of fused-ring (bicyclic) bond motifs is 2. The number of piperidine rings is 3. The Morgan fingerprint density at radius 3 is 1.31 bits per heavy atom. The number of benzene rings is 2. The van der Waals surface area contributed by atoms with Gasteiger partial charge in [-0.25, -0.2) is 29.0 Å². The van der Waals surface area contributed by atoms with Crippen molar-refractivity contribution in [2.75, 3.05) is 151 Å². The lowest BCUT2D eigenvalue weighted by Crippen LogP contribution is -2.47. The highest BCUT2D eigenvalue weighted by Crippen LogP contribution is 2.34. The second-order valence-electron chi connectivity index (χ2n) is 26.5. The van der Waals surface area contributed by atoms with E-state index in [1.165, 1.54) is 69.4 Å². The van der Waals surface area contributed by atoms with E-state index < -0.39 is 11.6 Å². The van der Waals surface area contributed by atoms with Gasteiger partial charge in [-0.2, -0.15) is 29.5 Å². The molecule has 8 aromatic rings. The van der Waals surface area contributed by atoms with Crippen molar-refractivity contribution in [3.05, 3.63) is 132 Å². The van der Waals surface area contributed by atoms with Crippen molar-refractivity contribution in [1.29, 1.82) is 10.5 Å². The second kappa shape index (κ2) is 32.8. The van der Waals surface area contributed by atoms with Crippen molar-refractivity contribution in [2.45, 2.75) is 95.8 Å². The summed E-state index contributed by atoms with van der Waals surface area (Å²) in [6, 6.07) is 31.7. The lowest BCUT2D eigenvalue weighted by molar-refractivity contribution is -0.131. The number of amides is 2. The van der Waals surface area contributed by atoms with Crippen molar-refractivity contribution in [3.63, 3.8) is 0 Å². The Bertz CT molecular complexity index is 4100. The summed E-state index contributed by atoms with van der Waals surface area (Å²) in [7, 11) is 0. The van der Waals surface area contributed by atoms with E-state index in [9.17, 15) is 9.59 Å². The van der Waals surface area contributed by atoms with Crippen molar-refractivity contribution >= 4 is 46.1 Å². The van der Waals surface area contributed by atoms with E-state index in [1.807, 2.05) is 82.9 Å². The molecule has 6 aromatic heterocycles. The van der Waals surface area contributed by atoms with Gasteiger partial charge >= 0.3 is 0 Å². The number of nitriles is 2. The van der Waals surface area contributed by atoms with Gasteiger partial charge < -0.3 is 39.7 Å². The Labute approximate surface area is 576 Å². The zero-order chi connectivity index (χ0) is 67.9. The number of likely N-dealkylation sites (tertiary alicyclic amines) is 4. The molecule has 2 atom stereocenters. The van der Waals surface area contributed by atoms with Crippen molar-refractivity contribution < 1.29 is 27.8 Å². The van der Waals surface area contributed by atoms with Gasteiger partial charge in [0.05, 0.1) is 46.7 Å². The molecular weight excluding hydrogens is 1260 g/mol. The van der Waals surface area contributed by atoms with Crippen LogP contribution in [0, 0.1) is 34.3 Å². The smallest absolute Gasteiger partial charge is 0.236 e. The number of hydrogen-bond acceptors (Lipinski definition) is 20. The van der Waals surface area contributed by atoms with Crippen LogP contribution in [0.3, 0.4) is 0 Å². The summed E-state index contributed by atoms with van der Waals surface area (Å²) in [5, 5.41) is 33.6. The van der Waals surface area contributed by atoms with Gasteiger partial charge in [-0.3, -0.25) is 29.2 Å². The molecule has 99 heavy (non-hydrogen) atoms. The van der Waals surface area contributed by atoms with Gasteiger partial charge in [0.25, 0.3) is 0 Å². The maximum atomic E-state index is 16.4. The molecule has 2 N–H and O–H groups in total. The van der Waals surface area contributed by atoms with E-state index in [-0.39, 0.29) is 60.0 Å². The molecule has 26 heteroatoms. The molecule has 0 saturated carbocycles. The van der Waals surface area contributed by atoms with Gasteiger partial charge in [0.1, 0.15) is 37.6 Å². The average Bonchev–Trinajstić information content (AvgIpc) is 1.77. The maximum absolute atomic E-state index is 16.4. The Balaban J connectivity index is 0.000000178. The molecule has 6 aliphatic heterocycles.